The third-order valence-electron chi connectivity index (χ3n) is 2.93. The van der Waals surface area contributed by atoms with Crippen molar-refractivity contribution in [3.63, 3.8) is 0 Å². The fourth-order valence-corrected chi connectivity index (χ4v) is 2.47. The summed E-state index contributed by atoms with van der Waals surface area (Å²) >= 11 is 2.19. The molecule has 0 heterocycles. The van der Waals surface area contributed by atoms with Crippen LogP contribution in [0.5, 0.6) is 11.5 Å². The van der Waals surface area contributed by atoms with Crippen LogP contribution in [0, 0.1) is 3.57 Å². The molecular formula is C17H18INO3. The number of halogens is 1. The van der Waals surface area contributed by atoms with Crippen molar-refractivity contribution in [3.8, 4) is 11.5 Å². The summed E-state index contributed by atoms with van der Waals surface area (Å²) < 4.78 is 12.0. The van der Waals surface area contributed by atoms with Crippen LogP contribution in [-0.4, -0.2) is 19.1 Å². The Hall–Kier alpha value is -1.76. The van der Waals surface area contributed by atoms with E-state index in [1.165, 1.54) is 0 Å². The van der Waals surface area contributed by atoms with Crippen molar-refractivity contribution in [2.75, 3.05) is 18.5 Å². The first-order chi connectivity index (χ1) is 10.7. The Labute approximate surface area is 144 Å². The van der Waals surface area contributed by atoms with E-state index in [-0.39, 0.29) is 5.91 Å². The molecule has 0 spiro atoms. The molecule has 0 radical (unpaired) electrons. The van der Waals surface area contributed by atoms with Gasteiger partial charge in [-0.15, -0.1) is 0 Å². The summed E-state index contributed by atoms with van der Waals surface area (Å²) in [5, 5.41) is 2.90. The zero-order valence-corrected chi connectivity index (χ0v) is 14.7. The van der Waals surface area contributed by atoms with E-state index in [0.717, 1.165) is 9.26 Å². The second kappa shape index (κ2) is 8.03. The highest BCUT2D eigenvalue weighted by Gasteiger charge is 2.12. The highest BCUT2D eigenvalue weighted by molar-refractivity contribution is 14.1. The molecule has 0 aliphatic rings. The Morgan fingerprint density at radius 1 is 1.05 bits per heavy atom. The van der Waals surface area contributed by atoms with Crippen LogP contribution in [0.25, 0.3) is 0 Å². The lowest BCUT2D eigenvalue weighted by atomic mass is 10.2. The van der Waals surface area contributed by atoms with Gasteiger partial charge in [-0.25, -0.2) is 0 Å². The number of nitrogens with one attached hydrogen (secondary N) is 1. The molecule has 2 rings (SSSR count). The number of para-hydroxylation sites is 1. The fourth-order valence-electron chi connectivity index (χ4n) is 1.95. The molecule has 0 saturated heterocycles. The normalized spacial score (nSPS) is 10.1. The topological polar surface area (TPSA) is 47.6 Å². The third-order valence-corrected chi connectivity index (χ3v) is 3.87. The predicted octanol–water partition coefficient (Wildman–Crippen LogP) is 4.34. The number of ether oxygens (including phenoxy) is 2. The van der Waals surface area contributed by atoms with Crippen molar-refractivity contribution in [1.29, 1.82) is 0 Å². The average molecular weight is 411 g/mol. The van der Waals surface area contributed by atoms with E-state index in [9.17, 15) is 4.79 Å². The molecule has 0 saturated carbocycles. The monoisotopic (exact) mass is 411 g/mol. The SMILES string of the molecule is CCOc1ccc(C(=O)Nc2ccccc2I)cc1OCC. The molecule has 0 unspecified atom stereocenters. The van der Waals surface area contributed by atoms with E-state index in [1.807, 2.05) is 38.1 Å². The first kappa shape index (κ1) is 16.6. The molecule has 4 nitrogen and oxygen atoms in total. The Bertz CT molecular complexity index is 658. The number of hydrogen-bond acceptors (Lipinski definition) is 3. The first-order valence-corrected chi connectivity index (χ1v) is 8.19. The van der Waals surface area contributed by atoms with Crippen LogP contribution in [0.1, 0.15) is 24.2 Å². The highest BCUT2D eigenvalue weighted by atomic mass is 127. The second-order valence-electron chi connectivity index (χ2n) is 4.46. The number of anilines is 1. The van der Waals surface area contributed by atoms with Gasteiger partial charge in [-0.05, 0) is 66.8 Å². The third kappa shape index (κ3) is 4.13. The fraction of sp³-hybridized carbons (Fsp3) is 0.235. The van der Waals surface area contributed by atoms with Crippen molar-refractivity contribution >= 4 is 34.2 Å². The maximum atomic E-state index is 12.4. The summed E-state index contributed by atoms with van der Waals surface area (Å²) in [4.78, 5) is 12.4. The maximum Gasteiger partial charge on any atom is 0.255 e. The van der Waals surface area contributed by atoms with Crippen molar-refractivity contribution in [2.24, 2.45) is 0 Å². The number of benzene rings is 2. The molecule has 5 heteroatoms. The Kier molecular flexibility index (Phi) is 6.06. The Morgan fingerprint density at radius 3 is 2.41 bits per heavy atom. The standard InChI is InChI=1S/C17H18INO3/c1-3-21-15-10-9-12(11-16(15)22-4-2)17(20)19-14-8-6-5-7-13(14)18/h5-11H,3-4H2,1-2H3,(H,19,20). The molecule has 0 fully saturated rings. The van der Waals surface area contributed by atoms with Gasteiger partial charge in [0.05, 0.1) is 18.9 Å². The lowest BCUT2D eigenvalue weighted by molar-refractivity contribution is 0.102. The number of rotatable bonds is 6. The van der Waals surface area contributed by atoms with Crippen LogP contribution in [0.2, 0.25) is 0 Å². The van der Waals surface area contributed by atoms with Crippen molar-refractivity contribution in [2.45, 2.75) is 13.8 Å². The molecule has 0 atom stereocenters. The predicted molar refractivity (Wildman–Crippen MR) is 95.9 cm³/mol. The van der Waals surface area contributed by atoms with E-state index < -0.39 is 0 Å². The lowest BCUT2D eigenvalue weighted by Crippen LogP contribution is -2.13. The van der Waals surface area contributed by atoms with Gasteiger partial charge in [-0.1, -0.05) is 12.1 Å². The van der Waals surface area contributed by atoms with Crippen LogP contribution in [0.3, 0.4) is 0 Å². The maximum absolute atomic E-state index is 12.4. The van der Waals surface area contributed by atoms with Crippen LogP contribution in [-0.2, 0) is 0 Å². The molecular weight excluding hydrogens is 393 g/mol. The van der Waals surface area contributed by atoms with Gasteiger partial charge in [0.1, 0.15) is 0 Å². The van der Waals surface area contributed by atoms with Crippen LogP contribution in [0.4, 0.5) is 5.69 Å². The molecule has 0 bridgehead atoms. The minimum Gasteiger partial charge on any atom is -0.490 e. The van der Waals surface area contributed by atoms with Gasteiger partial charge in [0.25, 0.3) is 5.91 Å². The summed E-state index contributed by atoms with van der Waals surface area (Å²) in [7, 11) is 0. The van der Waals surface area contributed by atoms with Crippen LogP contribution in [0.15, 0.2) is 42.5 Å². The van der Waals surface area contributed by atoms with Gasteiger partial charge in [0.15, 0.2) is 11.5 Å². The second-order valence-corrected chi connectivity index (χ2v) is 5.62. The summed E-state index contributed by atoms with van der Waals surface area (Å²) in [5.41, 5.74) is 1.33. The van der Waals surface area contributed by atoms with Crippen molar-refractivity contribution in [3.05, 3.63) is 51.6 Å². The van der Waals surface area contributed by atoms with Gasteiger partial charge < -0.3 is 14.8 Å². The number of amides is 1. The highest BCUT2D eigenvalue weighted by Crippen LogP contribution is 2.29. The molecule has 0 aliphatic carbocycles. The minimum atomic E-state index is -0.173. The zero-order valence-electron chi connectivity index (χ0n) is 12.6. The minimum absolute atomic E-state index is 0.173. The quantitative estimate of drug-likeness (QED) is 0.720. The molecule has 0 aliphatic heterocycles. The van der Waals surface area contributed by atoms with Crippen LogP contribution < -0.4 is 14.8 Å². The van der Waals surface area contributed by atoms with E-state index in [0.29, 0.717) is 30.3 Å². The summed E-state index contributed by atoms with van der Waals surface area (Å²) in [5.74, 6) is 1.06. The van der Waals surface area contributed by atoms with E-state index in [1.54, 1.807) is 18.2 Å². The lowest BCUT2D eigenvalue weighted by Gasteiger charge is -2.13. The van der Waals surface area contributed by atoms with Crippen LogP contribution >= 0.6 is 22.6 Å². The molecule has 0 aromatic heterocycles. The van der Waals surface area contributed by atoms with E-state index in [4.69, 9.17) is 9.47 Å². The number of hydrogen-bond donors (Lipinski definition) is 1. The van der Waals surface area contributed by atoms with Gasteiger partial charge in [0.2, 0.25) is 0 Å². The zero-order chi connectivity index (χ0) is 15.9. The molecule has 2 aromatic rings. The van der Waals surface area contributed by atoms with Gasteiger partial charge in [-0.3, -0.25) is 4.79 Å². The molecule has 22 heavy (non-hydrogen) atoms. The van der Waals surface area contributed by atoms with Crippen molar-refractivity contribution < 1.29 is 14.3 Å². The smallest absolute Gasteiger partial charge is 0.255 e. The number of carbonyl (C=O) groups is 1. The van der Waals surface area contributed by atoms with E-state index >= 15 is 0 Å². The van der Waals surface area contributed by atoms with Gasteiger partial charge >= 0.3 is 0 Å². The molecule has 2 aromatic carbocycles. The van der Waals surface area contributed by atoms with E-state index in [2.05, 4.69) is 27.9 Å². The summed E-state index contributed by atoms with van der Waals surface area (Å²) in [6.45, 7) is 4.87. The van der Waals surface area contributed by atoms with Gasteiger partial charge in [-0.2, -0.15) is 0 Å². The summed E-state index contributed by atoms with van der Waals surface area (Å²) in [6, 6.07) is 12.8. The molecule has 1 N–H and O–H groups in total. The Balaban J connectivity index is 2.22. The largest absolute Gasteiger partial charge is 0.490 e. The molecule has 1 amide bonds. The first-order valence-electron chi connectivity index (χ1n) is 7.11. The average Bonchev–Trinajstić information content (AvgIpc) is 2.51. The van der Waals surface area contributed by atoms with Gasteiger partial charge in [0, 0.05) is 9.13 Å². The Morgan fingerprint density at radius 2 is 1.73 bits per heavy atom. The number of carbonyl (C=O) groups excluding carboxylic acids is 1. The molecule has 116 valence electrons. The van der Waals surface area contributed by atoms with Crippen molar-refractivity contribution in [1.82, 2.24) is 0 Å². The summed E-state index contributed by atoms with van der Waals surface area (Å²) in [6.07, 6.45) is 0.